The van der Waals surface area contributed by atoms with E-state index in [0.29, 0.717) is 18.0 Å². The minimum atomic E-state index is -0.0816. The standard InChI is InChI=1S/C7H8Br2N2OS/c8-4-3-5(13-6(4)9)7(12)11-2-1-10/h3H,1-2,10H2,(H,11,12). The summed E-state index contributed by atoms with van der Waals surface area (Å²) in [6, 6.07) is 1.78. The van der Waals surface area contributed by atoms with Crippen LogP contribution in [0.1, 0.15) is 9.67 Å². The lowest BCUT2D eigenvalue weighted by atomic mass is 10.4. The molecule has 3 nitrogen and oxygen atoms in total. The predicted molar refractivity (Wildman–Crippen MR) is 61.1 cm³/mol. The van der Waals surface area contributed by atoms with Crippen LogP contribution in [0.5, 0.6) is 0 Å². The van der Waals surface area contributed by atoms with E-state index in [4.69, 9.17) is 5.73 Å². The first kappa shape index (κ1) is 11.2. The van der Waals surface area contributed by atoms with Crippen molar-refractivity contribution in [2.45, 2.75) is 0 Å². The summed E-state index contributed by atoms with van der Waals surface area (Å²) in [6.45, 7) is 0.964. The summed E-state index contributed by atoms with van der Waals surface area (Å²) < 4.78 is 1.82. The number of carbonyl (C=O) groups is 1. The molecular weight excluding hydrogens is 320 g/mol. The number of halogens is 2. The van der Waals surface area contributed by atoms with Crippen molar-refractivity contribution < 1.29 is 4.79 Å². The Morgan fingerprint density at radius 1 is 1.62 bits per heavy atom. The molecule has 1 amide bonds. The number of rotatable bonds is 3. The molecule has 1 aromatic heterocycles. The molecule has 0 aliphatic rings. The molecule has 1 heterocycles. The third-order valence-electron chi connectivity index (χ3n) is 1.30. The van der Waals surface area contributed by atoms with Gasteiger partial charge in [0.1, 0.15) is 0 Å². The molecule has 0 atom stereocenters. The molecule has 0 radical (unpaired) electrons. The number of carbonyl (C=O) groups excluding carboxylic acids is 1. The molecule has 0 aliphatic heterocycles. The van der Waals surface area contributed by atoms with Gasteiger partial charge in [0, 0.05) is 17.6 Å². The summed E-state index contributed by atoms with van der Waals surface area (Å²) >= 11 is 8.02. The second-order valence-corrected chi connectivity index (χ2v) is 5.50. The molecule has 0 bridgehead atoms. The van der Waals surface area contributed by atoms with Crippen molar-refractivity contribution in [2.75, 3.05) is 13.1 Å². The molecular formula is C7H8Br2N2OS. The topological polar surface area (TPSA) is 55.1 Å². The zero-order valence-electron chi connectivity index (χ0n) is 6.64. The fraction of sp³-hybridized carbons (Fsp3) is 0.286. The highest BCUT2D eigenvalue weighted by Crippen LogP contribution is 2.32. The van der Waals surface area contributed by atoms with Gasteiger partial charge in [0.05, 0.1) is 8.66 Å². The van der Waals surface area contributed by atoms with Gasteiger partial charge >= 0.3 is 0 Å². The van der Waals surface area contributed by atoms with Gasteiger partial charge in [-0.2, -0.15) is 0 Å². The lowest BCUT2D eigenvalue weighted by molar-refractivity contribution is 0.0959. The third-order valence-corrected chi connectivity index (χ3v) is 4.55. The van der Waals surface area contributed by atoms with Crippen LogP contribution in [-0.4, -0.2) is 19.0 Å². The van der Waals surface area contributed by atoms with E-state index in [0.717, 1.165) is 8.26 Å². The normalized spacial score (nSPS) is 10.1. The van der Waals surface area contributed by atoms with Crippen LogP contribution in [0, 0.1) is 0 Å². The number of hydrogen-bond donors (Lipinski definition) is 2. The quantitative estimate of drug-likeness (QED) is 0.891. The van der Waals surface area contributed by atoms with Crippen LogP contribution in [0.15, 0.2) is 14.3 Å². The zero-order valence-corrected chi connectivity index (χ0v) is 10.6. The van der Waals surface area contributed by atoms with Crippen LogP contribution in [0.3, 0.4) is 0 Å². The van der Waals surface area contributed by atoms with Gasteiger partial charge in [-0.1, -0.05) is 0 Å². The molecule has 0 spiro atoms. The van der Waals surface area contributed by atoms with E-state index in [2.05, 4.69) is 37.2 Å². The molecule has 1 rings (SSSR count). The van der Waals surface area contributed by atoms with E-state index >= 15 is 0 Å². The maximum Gasteiger partial charge on any atom is 0.261 e. The van der Waals surface area contributed by atoms with Crippen molar-refractivity contribution in [2.24, 2.45) is 5.73 Å². The first-order valence-electron chi connectivity index (χ1n) is 3.58. The van der Waals surface area contributed by atoms with Gasteiger partial charge < -0.3 is 11.1 Å². The molecule has 6 heteroatoms. The minimum absolute atomic E-state index is 0.0816. The second kappa shape index (κ2) is 5.09. The average molecular weight is 328 g/mol. The summed E-state index contributed by atoms with van der Waals surface area (Å²) in [5.74, 6) is -0.0816. The van der Waals surface area contributed by atoms with Crippen molar-refractivity contribution in [3.8, 4) is 0 Å². The largest absolute Gasteiger partial charge is 0.350 e. The fourth-order valence-electron chi connectivity index (χ4n) is 0.731. The molecule has 72 valence electrons. The fourth-order valence-corrected chi connectivity index (χ4v) is 2.68. The van der Waals surface area contributed by atoms with Crippen LogP contribution < -0.4 is 11.1 Å². The van der Waals surface area contributed by atoms with Crippen molar-refractivity contribution in [3.05, 3.63) is 19.2 Å². The maximum absolute atomic E-state index is 11.4. The lowest BCUT2D eigenvalue weighted by Crippen LogP contribution is -2.28. The first-order chi connectivity index (χ1) is 6.15. The van der Waals surface area contributed by atoms with E-state index < -0.39 is 0 Å². The van der Waals surface area contributed by atoms with Gasteiger partial charge in [-0.15, -0.1) is 11.3 Å². The van der Waals surface area contributed by atoms with Crippen LogP contribution in [0.25, 0.3) is 0 Å². The smallest absolute Gasteiger partial charge is 0.261 e. The van der Waals surface area contributed by atoms with Crippen LogP contribution in [-0.2, 0) is 0 Å². The Kier molecular flexibility index (Phi) is 4.37. The summed E-state index contributed by atoms with van der Waals surface area (Å²) in [5.41, 5.74) is 5.26. The highest BCUT2D eigenvalue weighted by molar-refractivity contribution is 9.13. The molecule has 0 saturated heterocycles. The van der Waals surface area contributed by atoms with E-state index in [-0.39, 0.29) is 5.91 Å². The molecule has 3 N–H and O–H groups in total. The summed E-state index contributed by atoms with van der Waals surface area (Å²) in [4.78, 5) is 12.0. The summed E-state index contributed by atoms with van der Waals surface area (Å²) in [7, 11) is 0. The Hall–Kier alpha value is 0.0900. The molecule has 0 aliphatic carbocycles. The number of thiophene rings is 1. The molecule has 13 heavy (non-hydrogen) atoms. The van der Waals surface area contributed by atoms with Crippen molar-refractivity contribution in [3.63, 3.8) is 0 Å². The monoisotopic (exact) mass is 326 g/mol. The van der Waals surface area contributed by atoms with Gasteiger partial charge in [0.2, 0.25) is 0 Å². The average Bonchev–Trinajstić information content (AvgIpc) is 2.43. The molecule has 0 unspecified atom stereocenters. The van der Waals surface area contributed by atoms with Crippen molar-refractivity contribution >= 4 is 49.1 Å². The third kappa shape index (κ3) is 3.05. The van der Waals surface area contributed by atoms with E-state index in [1.807, 2.05) is 0 Å². The summed E-state index contributed by atoms with van der Waals surface area (Å²) in [5, 5.41) is 2.69. The van der Waals surface area contributed by atoms with Gasteiger partial charge in [0.15, 0.2) is 0 Å². The predicted octanol–water partition coefficient (Wildman–Crippen LogP) is 1.96. The van der Waals surface area contributed by atoms with Gasteiger partial charge in [-0.25, -0.2) is 0 Å². The number of amides is 1. The first-order valence-corrected chi connectivity index (χ1v) is 5.98. The van der Waals surface area contributed by atoms with Crippen LogP contribution in [0.2, 0.25) is 0 Å². The van der Waals surface area contributed by atoms with Crippen LogP contribution >= 0.6 is 43.2 Å². The van der Waals surface area contributed by atoms with Crippen molar-refractivity contribution in [1.29, 1.82) is 0 Å². The highest BCUT2D eigenvalue weighted by atomic mass is 79.9. The Bertz CT molecular complexity index is 294. The number of nitrogens with one attached hydrogen (secondary N) is 1. The van der Waals surface area contributed by atoms with Crippen molar-refractivity contribution in [1.82, 2.24) is 5.32 Å². The molecule has 1 aromatic rings. The molecule has 0 saturated carbocycles. The van der Waals surface area contributed by atoms with E-state index in [1.54, 1.807) is 6.07 Å². The van der Waals surface area contributed by atoms with Gasteiger partial charge in [-0.3, -0.25) is 4.79 Å². The van der Waals surface area contributed by atoms with Gasteiger partial charge in [-0.05, 0) is 37.9 Å². The van der Waals surface area contributed by atoms with E-state index in [1.165, 1.54) is 11.3 Å². The Morgan fingerprint density at radius 3 is 2.77 bits per heavy atom. The van der Waals surface area contributed by atoms with Crippen LogP contribution in [0.4, 0.5) is 0 Å². The highest BCUT2D eigenvalue weighted by Gasteiger charge is 2.10. The Balaban J connectivity index is 2.66. The number of nitrogens with two attached hydrogens (primary N) is 1. The van der Waals surface area contributed by atoms with E-state index in [9.17, 15) is 4.79 Å². The Morgan fingerprint density at radius 2 is 2.31 bits per heavy atom. The Labute approximate surface area is 97.0 Å². The van der Waals surface area contributed by atoms with Gasteiger partial charge in [0.25, 0.3) is 5.91 Å². The minimum Gasteiger partial charge on any atom is -0.350 e. The lowest BCUT2D eigenvalue weighted by Gasteiger charge is -1.98. The number of hydrogen-bond acceptors (Lipinski definition) is 3. The maximum atomic E-state index is 11.4. The molecule has 0 aromatic carbocycles. The SMILES string of the molecule is NCCNC(=O)c1cc(Br)c(Br)s1. The zero-order chi connectivity index (χ0) is 9.84. The molecule has 0 fully saturated rings. The second-order valence-electron chi connectivity index (χ2n) is 2.28. The summed E-state index contributed by atoms with van der Waals surface area (Å²) in [6.07, 6.45) is 0.